The fourth-order valence-electron chi connectivity index (χ4n) is 2.86. The van der Waals surface area contributed by atoms with Crippen molar-refractivity contribution in [2.45, 2.75) is 19.4 Å². The van der Waals surface area contributed by atoms with Gasteiger partial charge >= 0.3 is 11.7 Å². The molecule has 3 rings (SSSR count). The Kier molecular flexibility index (Phi) is 6.63. The van der Waals surface area contributed by atoms with Crippen LogP contribution in [0.25, 0.3) is 11.1 Å². The third-order valence-electron chi connectivity index (χ3n) is 4.40. The summed E-state index contributed by atoms with van der Waals surface area (Å²) >= 11 is 0. The molecule has 0 saturated carbocycles. The molecule has 3 aromatic rings. The van der Waals surface area contributed by atoms with E-state index < -0.39 is 11.7 Å². The molecule has 2 N–H and O–H groups in total. The molecule has 0 unspecified atom stereocenters. The summed E-state index contributed by atoms with van der Waals surface area (Å²) in [5, 5.41) is 5.21. The van der Waals surface area contributed by atoms with Crippen molar-refractivity contribution in [3.63, 3.8) is 0 Å². The van der Waals surface area contributed by atoms with Crippen LogP contribution in [0.5, 0.6) is 0 Å². The predicted octanol–water partition coefficient (Wildman–Crippen LogP) is 1.45. The number of hydrogen-bond acceptors (Lipinski definition) is 6. The molecule has 0 atom stereocenters. The van der Waals surface area contributed by atoms with Crippen LogP contribution in [0.2, 0.25) is 0 Å². The average Bonchev–Trinajstić information content (AvgIpc) is 3.06. The lowest BCUT2D eigenvalue weighted by atomic mass is 10.1. The van der Waals surface area contributed by atoms with E-state index in [0.717, 1.165) is 5.56 Å². The van der Waals surface area contributed by atoms with Crippen LogP contribution in [0.1, 0.15) is 12.0 Å². The number of nitrogens with one attached hydrogen (secondary N) is 2. The molecule has 0 radical (unpaired) electrons. The number of benzene rings is 2. The quantitative estimate of drug-likeness (QED) is 0.542. The summed E-state index contributed by atoms with van der Waals surface area (Å²) in [5.74, 6) is -1.59. The second kappa shape index (κ2) is 9.55. The molecular weight excluding hydrogens is 390 g/mol. The minimum absolute atomic E-state index is 0.0983. The monoisotopic (exact) mass is 411 g/mol. The maximum Gasteiger partial charge on any atom is 0.419 e. The summed E-state index contributed by atoms with van der Waals surface area (Å²) in [6, 6.07) is 13.8. The number of ether oxygens (including phenoxy) is 1. The number of nitrogens with zero attached hydrogens (tertiary/aromatic N) is 1. The van der Waals surface area contributed by atoms with Gasteiger partial charge in [0, 0.05) is 18.7 Å². The summed E-state index contributed by atoms with van der Waals surface area (Å²) in [4.78, 5) is 47.0. The number of carbonyl (C=O) groups is 3. The Bertz CT molecular complexity index is 1110. The van der Waals surface area contributed by atoms with Gasteiger partial charge in [0.05, 0.1) is 19.0 Å². The van der Waals surface area contributed by atoms with Crippen LogP contribution in [0.4, 0.5) is 5.69 Å². The number of oxazole rings is 1. The molecule has 156 valence electrons. The summed E-state index contributed by atoms with van der Waals surface area (Å²) in [7, 11) is 1.25. The molecule has 0 aliphatic rings. The van der Waals surface area contributed by atoms with E-state index in [4.69, 9.17) is 4.42 Å². The van der Waals surface area contributed by atoms with E-state index in [1.807, 2.05) is 0 Å². The molecule has 0 bridgehead atoms. The van der Waals surface area contributed by atoms with Crippen molar-refractivity contribution in [2.75, 3.05) is 19.0 Å². The highest BCUT2D eigenvalue weighted by molar-refractivity contribution is 5.91. The number of esters is 1. The summed E-state index contributed by atoms with van der Waals surface area (Å²) in [5.41, 5.74) is 2.43. The fraction of sp³-hybridized carbons (Fsp3) is 0.238. The zero-order valence-electron chi connectivity index (χ0n) is 16.3. The van der Waals surface area contributed by atoms with Crippen LogP contribution in [0.15, 0.2) is 57.7 Å². The largest absolute Gasteiger partial charge is 0.468 e. The Morgan fingerprint density at radius 3 is 2.50 bits per heavy atom. The van der Waals surface area contributed by atoms with Crippen LogP contribution >= 0.6 is 0 Å². The van der Waals surface area contributed by atoms with Gasteiger partial charge in [0.25, 0.3) is 0 Å². The highest BCUT2D eigenvalue weighted by Gasteiger charge is 2.11. The van der Waals surface area contributed by atoms with Crippen molar-refractivity contribution in [1.29, 1.82) is 0 Å². The fourth-order valence-corrected chi connectivity index (χ4v) is 2.86. The van der Waals surface area contributed by atoms with Crippen LogP contribution in [-0.4, -0.2) is 36.0 Å². The molecule has 0 aliphatic heterocycles. The molecule has 30 heavy (non-hydrogen) atoms. The van der Waals surface area contributed by atoms with Crippen LogP contribution in [0.3, 0.4) is 0 Å². The number of para-hydroxylation sites is 2. The van der Waals surface area contributed by atoms with Gasteiger partial charge in [0.2, 0.25) is 11.8 Å². The van der Waals surface area contributed by atoms with Crippen LogP contribution < -0.4 is 16.4 Å². The van der Waals surface area contributed by atoms with Crippen molar-refractivity contribution in [2.24, 2.45) is 0 Å². The highest BCUT2D eigenvalue weighted by atomic mass is 16.5. The maximum atomic E-state index is 12.2. The third kappa shape index (κ3) is 5.34. The van der Waals surface area contributed by atoms with Gasteiger partial charge in [0.15, 0.2) is 5.58 Å². The van der Waals surface area contributed by atoms with Crippen LogP contribution in [-0.2, 0) is 32.1 Å². The Morgan fingerprint density at radius 1 is 1.03 bits per heavy atom. The van der Waals surface area contributed by atoms with E-state index in [9.17, 15) is 19.2 Å². The first-order chi connectivity index (χ1) is 14.5. The van der Waals surface area contributed by atoms with Gasteiger partial charge in [-0.3, -0.25) is 19.0 Å². The Labute approximate surface area is 171 Å². The number of hydrogen-bond donors (Lipinski definition) is 2. The maximum absolute atomic E-state index is 12.2. The number of rotatable bonds is 8. The van der Waals surface area contributed by atoms with Gasteiger partial charge < -0.3 is 19.8 Å². The van der Waals surface area contributed by atoms with E-state index in [-0.39, 0.29) is 37.7 Å². The molecule has 2 amide bonds. The minimum Gasteiger partial charge on any atom is -0.468 e. The number of aromatic nitrogens is 1. The number of anilines is 1. The lowest BCUT2D eigenvalue weighted by Gasteiger charge is -2.08. The molecule has 0 saturated heterocycles. The topological polar surface area (TPSA) is 120 Å². The summed E-state index contributed by atoms with van der Waals surface area (Å²) in [6.45, 7) is 0.0125. The molecular formula is C21H21N3O6. The van der Waals surface area contributed by atoms with Gasteiger partial charge in [0.1, 0.15) is 6.54 Å². The molecule has 1 aromatic heterocycles. The molecule has 1 heterocycles. The van der Waals surface area contributed by atoms with Crippen molar-refractivity contribution in [3.05, 3.63) is 64.6 Å². The number of carbonyl (C=O) groups excluding carboxylic acids is 3. The van der Waals surface area contributed by atoms with E-state index in [2.05, 4.69) is 15.4 Å². The zero-order chi connectivity index (χ0) is 21.5. The third-order valence-corrected chi connectivity index (χ3v) is 4.40. The van der Waals surface area contributed by atoms with Gasteiger partial charge in [-0.1, -0.05) is 24.3 Å². The van der Waals surface area contributed by atoms with E-state index in [1.165, 1.54) is 11.7 Å². The van der Waals surface area contributed by atoms with Gasteiger partial charge in [-0.05, 0) is 29.8 Å². The number of amides is 2. The molecule has 0 fully saturated rings. The molecule has 0 spiro atoms. The van der Waals surface area contributed by atoms with Gasteiger partial charge in [-0.2, -0.15) is 0 Å². The van der Waals surface area contributed by atoms with Crippen molar-refractivity contribution >= 4 is 34.6 Å². The first kappa shape index (κ1) is 20.8. The van der Waals surface area contributed by atoms with Crippen LogP contribution in [0, 0.1) is 0 Å². The zero-order valence-corrected chi connectivity index (χ0v) is 16.3. The lowest BCUT2D eigenvalue weighted by Crippen LogP contribution is -2.31. The molecule has 0 aliphatic carbocycles. The molecule has 2 aromatic carbocycles. The van der Waals surface area contributed by atoms with Crippen molar-refractivity contribution in [3.8, 4) is 0 Å². The minimum atomic E-state index is -0.521. The average molecular weight is 411 g/mol. The highest BCUT2D eigenvalue weighted by Crippen LogP contribution is 2.13. The second-order valence-electron chi connectivity index (χ2n) is 6.51. The van der Waals surface area contributed by atoms with Crippen molar-refractivity contribution < 1.29 is 23.5 Å². The molecule has 9 heteroatoms. The normalized spacial score (nSPS) is 10.6. The molecule has 9 nitrogen and oxygen atoms in total. The van der Waals surface area contributed by atoms with E-state index in [1.54, 1.807) is 48.5 Å². The van der Waals surface area contributed by atoms with E-state index >= 15 is 0 Å². The Morgan fingerprint density at radius 2 is 1.77 bits per heavy atom. The first-order valence-corrected chi connectivity index (χ1v) is 9.27. The Hall–Kier alpha value is -3.88. The lowest BCUT2D eigenvalue weighted by molar-refractivity contribution is -0.141. The van der Waals surface area contributed by atoms with Gasteiger partial charge in [-0.15, -0.1) is 0 Å². The summed E-state index contributed by atoms with van der Waals surface area (Å²) < 4.78 is 11.0. The second-order valence-corrected chi connectivity index (χ2v) is 6.51. The number of fused-ring (bicyclic) bond motifs is 1. The van der Waals surface area contributed by atoms with E-state index in [0.29, 0.717) is 16.8 Å². The smallest absolute Gasteiger partial charge is 0.419 e. The summed E-state index contributed by atoms with van der Waals surface area (Å²) in [6.07, 6.45) is 0.197. The van der Waals surface area contributed by atoms with Gasteiger partial charge in [-0.25, -0.2) is 4.79 Å². The van der Waals surface area contributed by atoms with Crippen molar-refractivity contribution in [1.82, 2.24) is 9.88 Å². The standard InChI is InChI=1S/C21H21N3O6/c1-29-20(27)13-22-19(26)12-14-6-8-15(9-7-14)23-18(25)10-11-24-16-4-2-3-5-17(16)30-21(24)28/h2-9H,10-13H2,1H3,(H,22,26)(H,23,25). The Balaban J connectivity index is 1.51. The number of aryl methyl sites for hydroxylation is 1. The SMILES string of the molecule is COC(=O)CNC(=O)Cc1ccc(NC(=O)CCn2c(=O)oc3ccccc32)cc1. The first-order valence-electron chi connectivity index (χ1n) is 9.27. The predicted molar refractivity (Wildman–Crippen MR) is 109 cm³/mol. The number of methoxy groups -OCH3 is 1.